The third-order valence-electron chi connectivity index (χ3n) is 3.50. The highest BCUT2D eigenvalue weighted by atomic mass is 16.5. The molecule has 0 aliphatic heterocycles. The van der Waals surface area contributed by atoms with Gasteiger partial charge in [0.1, 0.15) is 5.75 Å². The lowest BCUT2D eigenvalue weighted by Crippen LogP contribution is -2.08. The molecule has 0 atom stereocenters. The van der Waals surface area contributed by atoms with Crippen LogP contribution in [0.4, 0.5) is 5.69 Å². The van der Waals surface area contributed by atoms with Crippen LogP contribution in [0, 0.1) is 0 Å². The molecule has 5 nitrogen and oxygen atoms in total. The summed E-state index contributed by atoms with van der Waals surface area (Å²) in [5.41, 5.74) is 2.32. The Labute approximate surface area is 146 Å². The normalized spacial score (nSPS) is 10.6. The van der Waals surface area contributed by atoms with E-state index in [0.717, 1.165) is 11.1 Å². The van der Waals surface area contributed by atoms with E-state index < -0.39 is 0 Å². The summed E-state index contributed by atoms with van der Waals surface area (Å²) >= 11 is 0. The van der Waals surface area contributed by atoms with Gasteiger partial charge < -0.3 is 10.1 Å². The molecule has 0 fully saturated rings. The van der Waals surface area contributed by atoms with Crippen molar-refractivity contribution in [3.8, 4) is 17.1 Å². The minimum absolute atomic E-state index is 0.253. The molecule has 5 heteroatoms. The van der Waals surface area contributed by atoms with E-state index >= 15 is 0 Å². The number of carbonyl (C=O) groups excluding carboxylic acids is 1. The highest BCUT2D eigenvalue weighted by Crippen LogP contribution is 2.23. The second-order valence-electron chi connectivity index (χ2n) is 5.23. The zero-order valence-electron chi connectivity index (χ0n) is 13.7. The highest BCUT2D eigenvalue weighted by molar-refractivity contribution is 6.02. The molecule has 3 rings (SSSR count). The Morgan fingerprint density at radius 1 is 1.00 bits per heavy atom. The van der Waals surface area contributed by atoms with Crippen LogP contribution in [0.2, 0.25) is 0 Å². The molecular weight excluding hydrogens is 314 g/mol. The first-order valence-corrected chi connectivity index (χ1v) is 7.76. The molecule has 3 aromatic rings. The number of anilines is 1. The first-order valence-electron chi connectivity index (χ1n) is 7.76. The van der Waals surface area contributed by atoms with Crippen molar-refractivity contribution in [3.05, 3.63) is 78.6 Å². The molecular formula is C20H17N3O2. The van der Waals surface area contributed by atoms with Crippen molar-refractivity contribution in [1.82, 2.24) is 9.97 Å². The molecule has 0 saturated heterocycles. The van der Waals surface area contributed by atoms with Crippen LogP contribution < -0.4 is 10.1 Å². The van der Waals surface area contributed by atoms with Crippen molar-refractivity contribution in [2.24, 2.45) is 0 Å². The van der Waals surface area contributed by atoms with Gasteiger partial charge in [0.15, 0.2) is 5.82 Å². The average Bonchev–Trinajstić information content (AvgIpc) is 2.68. The predicted molar refractivity (Wildman–Crippen MR) is 98.1 cm³/mol. The fourth-order valence-electron chi connectivity index (χ4n) is 2.25. The summed E-state index contributed by atoms with van der Waals surface area (Å²) in [5.74, 6) is 1.01. The van der Waals surface area contributed by atoms with Crippen molar-refractivity contribution >= 4 is 17.7 Å². The number of amides is 1. The molecule has 1 amide bonds. The summed E-state index contributed by atoms with van der Waals surface area (Å²) in [6, 6.07) is 17.0. The van der Waals surface area contributed by atoms with Crippen molar-refractivity contribution in [3.63, 3.8) is 0 Å². The van der Waals surface area contributed by atoms with Gasteiger partial charge in [-0.2, -0.15) is 0 Å². The Morgan fingerprint density at radius 2 is 1.68 bits per heavy atom. The Kier molecular flexibility index (Phi) is 5.16. The summed E-state index contributed by atoms with van der Waals surface area (Å²) in [6.45, 7) is 0. The largest absolute Gasteiger partial charge is 0.495 e. The van der Waals surface area contributed by atoms with Gasteiger partial charge in [-0.1, -0.05) is 42.5 Å². The fourth-order valence-corrected chi connectivity index (χ4v) is 2.25. The van der Waals surface area contributed by atoms with Gasteiger partial charge >= 0.3 is 0 Å². The Hall–Kier alpha value is -3.47. The van der Waals surface area contributed by atoms with E-state index in [1.54, 1.807) is 37.7 Å². The van der Waals surface area contributed by atoms with Crippen LogP contribution in [0.3, 0.4) is 0 Å². The third kappa shape index (κ3) is 4.29. The molecule has 1 N–H and O–H groups in total. The maximum Gasteiger partial charge on any atom is 0.248 e. The third-order valence-corrected chi connectivity index (χ3v) is 3.50. The number of aromatic nitrogens is 2. The molecule has 124 valence electrons. The molecule has 25 heavy (non-hydrogen) atoms. The van der Waals surface area contributed by atoms with Crippen molar-refractivity contribution in [2.75, 3.05) is 12.4 Å². The zero-order valence-corrected chi connectivity index (χ0v) is 13.7. The van der Waals surface area contributed by atoms with Crippen LogP contribution in [0.25, 0.3) is 17.5 Å². The summed E-state index contributed by atoms with van der Waals surface area (Å²) in [6.07, 6.45) is 6.47. The summed E-state index contributed by atoms with van der Waals surface area (Å²) in [7, 11) is 1.56. The lowest BCUT2D eigenvalue weighted by molar-refractivity contribution is -0.111. The van der Waals surface area contributed by atoms with Crippen LogP contribution in [-0.2, 0) is 4.79 Å². The molecule has 0 radical (unpaired) electrons. The number of nitrogens with zero attached hydrogens (tertiary/aromatic N) is 2. The highest BCUT2D eigenvalue weighted by Gasteiger charge is 2.04. The van der Waals surface area contributed by atoms with Crippen LogP contribution in [-0.4, -0.2) is 23.0 Å². The summed E-state index contributed by atoms with van der Waals surface area (Å²) < 4.78 is 5.21. The quantitative estimate of drug-likeness (QED) is 0.722. The number of nitrogens with one attached hydrogen (secondary N) is 1. The van der Waals surface area contributed by atoms with Crippen LogP contribution in [0.1, 0.15) is 5.56 Å². The minimum Gasteiger partial charge on any atom is -0.495 e. The number of para-hydroxylation sites is 2. The van der Waals surface area contributed by atoms with Gasteiger partial charge in [-0.25, -0.2) is 9.97 Å². The number of hydrogen-bond acceptors (Lipinski definition) is 4. The first-order chi connectivity index (χ1) is 12.3. The van der Waals surface area contributed by atoms with Gasteiger partial charge in [0.25, 0.3) is 0 Å². The van der Waals surface area contributed by atoms with Gasteiger partial charge in [0.2, 0.25) is 5.91 Å². The second kappa shape index (κ2) is 7.88. The zero-order chi connectivity index (χ0) is 17.5. The number of rotatable bonds is 5. The topological polar surface area (TPSA) is 64.1 Å². The van der Waals surface area contributed by atoms with Gasteiger partial charge in [0, 0.05) is 29.6 Å². The van der Waals surface area contributed by atoms with E-state index in [9.17, 15) is 4.79 Å². The molecule has 0 spiro atoms. The molecule has 0 aliphatic rings. The Morgan fingerprint density at radius 3 is 2.40 bits per heavy atom. The fraction of sp³-hybridized carbons (Fsp3) is 0.0500. The molecule has 0 aliphatic carbocycles. The molecule has 0 saturated carbocycles. The van der Waals surface area contributed by atoms with Crippen molar-refractivity contribution in [2.45, 2.75) is 0 Å². The van der Waals surface area contributed by atoms with Gasteiger partial charge in [-0.05, 0) is 18.2 Å². The molecule has 0 bridgehead atoms. The lowest BCUT2D eigenvalue weighted by Gasteiger charge is -2.07. The first kappa shape index (κ1) is 16.4. The van der Waals surface area contributed by atoms with E-state index in [1.807, 2.05) is 42.5 Å². The van der Waals surface area contributed by atoms with Crippen molar-refractivity contribution < 1.29 is 9.53 Å². The van der Waals surface area contributed by atoms with E-state index in [1.165, 1.54) is 6.08 Å². The van der Waals surface area contributed by atoms with E-state index in [4.69, 9.17) is 4.74 Å². The second-order valence-corrected chi connectivity index (χ2v) is 5.23. The molecule has 1 heterocycles. The van der Waals surface area contributed by atoms with Crippen molar-refractivity contribution in [1.29, 1.82) is 0 Å². The number of ether oxygens (including phenoxy) is 1. The molecule has 2 aromatic carbocycles. The Bertz CT molecular complexity index is 875. The minimum atomic E-state index is -0.253. The maximum absolute atomic E-state index is 12.0. The van der Waals surface area contributed by atoms with E-state index in [0.29, 0.717) is 17.3 Å². The van der Waals surface area contributed by atoms with Crippen LogP contribution in [0.5, 0.6) is 5.75 Å². The Balaban J connectivity index is 1.66. The monoisotopic (exact) mass is 331 g/mol. The smallest absolute Gasteiger partial charge is 0.248 e. The van der Waals surface area contributed by atoms with Crippen LogP contribution >= 0.6 is 0 Å². The number of hydrogen-bond donors (Lipinski definition) is 1. The lowest BCUT2D eigenvalue weighted by atomic mass is 10.2. The van der Waals surface area contributed by atoms with Gasteiger partial charge in [0.05, 0.1) is 12.8 Å². The predicted octanol–water partition coefficient (Wildman–Crippen LogP) is 3.80. The standard InChI is InChI=1S/C20H17N3O2/c1-25-18-10-6-5-9-17(18)23-19(24)12-11-15-13-21-20(22-14-15)16-7-3-2-4-8-16/h2-14H,1H3,(H,23,24)/b12-11+. The van der Waals surface area contributed by atoms with Gasteiger partial charge in [-0.3, -0.25) is 4.79 Å². The summed E-state index contributed by atoms with van der Waals surface area (Å²) in [5, 5.41) is 2.78. The summed E-state index contributed by atoms with van der Waals surface area (Å²) in [4.78, 5) is 20.7. The maximum atomic E-state index is 12.0. The van der Waals surface area contributed by atoms with E-state index in [2.05, 4.69) is 15.3 Å². The molecule has 1 aromatic heterocycles. The van der Waals surface area contributed by atoms with Crippen LogP contribution in [0.15, 0.2) is 73.1 Å². The SMILES string of the molecule is COc1ccccc1NC(=O)/C=C/c1cnc(-c2ccccc2)nc1. The van der Waals surface area contributed by atoms with E-state index in [-0.39, 0.29) is 5.91 Å². The number of methoxy groups -OCH3 is 1. The number of carbonyl (C=O) groups is 1. The average molecular weight is 331 g/mol. The van der Waals surface area contributed by atoms with Gasteiger partial charge in [-0.15, -0.1) is 0 Å². The number of benzene rings is 2. The molecule has 0 unspecified atom stereocenters.